The molecule has 0 unspecified atom stereocenters. The summed E-state index contributed by atoms with van der Waals surface area (Å²) < 4.78 is 5.34. The molecule has 3 heteroatoms. The predicted octanol–water partition coefficient (Wildman–Crippen LogP) is 3.85. The van der Waals surface area contributed by atoms with Crippen LogP contribution in [0.3, 0.4) is 0 Å². The van der Waals surface area contributed by atoms with E-state index in [1.165, 1.54) is 0 Å². The number of carbonyl (C=O) groups excluding carboxylic acids is 1. The van der Waals surface area contributed by atoms with Gasteiger partial charge in [0.2, 0.25) is 5.78 Å². The summed E-state index contributed by atoms with van der Waals surface area (Å²) >= 11 is 0. The zero-order valence-electron chi connectivity index (χ0n) is 12.1. The third-order valence-electron chi connectivity index (χ3n) is 3.47. The quantitative estimate of drug-likeness (QED) is 0.688. The lowest BCUT2D eigenvalue weighted by Crippen LogP contribution is -2.17. The van der Waals surface area contributed by atoms with Gasteiger partial charge in [-0.05, 0) is 18.6 Å². The van der Waals surface area contributed by atoms with Gasteiger partial charge >= 0.3 is 5.63 Å². The standard InChI is InChI=1S/C19H14O3/c1-13-12-16(14-8-4-2-5-9-14)22-19(21)17(13)18(20)15-10-6-3-7-11-15/h2-12H,1H3. The highest BCUT2D eigenvalue weighted by atomic mass is 16.4. The van der Waals surface area contributed by atoms with Crippen LogP contribution < -0.4 is 5.63 Å². The van der Waals surface area contributed by atoms with E-state index in [1.807, 2.05) is 36.4 Å². The van der Waals surface area contributed by atoms with Crippen molar-refractivity contribution in [3.05, 3.63) is 93.8 Å². The molecule has 22 heavy (non-hydrogen) atoms. The zero-order valence-corrected chi connectivity index (χ0v) is 12.1. The molecule has 0 atom stereocenters. The van der Waals surface area contributed by atoms with Gasteiger partial charge in [-0.15, -0.1) is 0 Å². The Morgan fingerprint density at radius 2 is 1.50 bits per heavy atom. The van der Waals surface area contributed by atoms with Gasteiger partial charge in [0.25, 0.3) is 0 Å². The lowest BCUT2D eigenvalue weighted by molar-refractivity contribution is 0.103. The van der Waals surface area contributed by atoms with Crippen molar-refractivity contribution < 1.29 is 9.21 Å². The summed E-state index contributed by atoms with van der Waals surface area (Å²) in [6.07, 6.45) is 0. The van der Waals surface area contributed by atoms with Gasteiger partial charge in [-0.2, -0.15) is 0 Å². The van der Waals surface area contributed by atoms with Crippen molar-refractivity contribution >= 4 is 5.78 Å². The van der Waals surface area contributed by atoms with Crippen molar-refractivity contribution in [2.45, 2.75) is 6.92 Å². The molecule has 0 aliphatic rings. The Labute approximate surface area is 127 Å². The number of benzene rings is 2. The Morgan fingerprint density at radius 3 is 2.09 bits per heavy atom. The molecule has 0 aliphatic carbocycles. The van der Waals surface area contributed by atoms with Crippen LogP contribution in [-0.2, 0) is 0 Å². The van der Waals surface area contributed by atoms with E-state index in [0.29, 0.717) is 16.9 Å². The molecule has 0 aliphatic heterocycles. The number of ketones is 1. The summed E-state index contributed by atoms with van der Waals surface area (Å²) in [5.41, 5.74) is 1.38. The van der Waals surface area contributed by atoms with Crippen molar-refractivity contribution in [2.24, 2.45) is 0 Å². The lowest BCUT2D eigenvalue weighted by Gasteiger charge is -2.06. The first-order valence-electron chi connectivity index (χ1n) is 6.97. The smallest absolute Gasteiger partial charge is 0.347 e. The average molecular weight is 290 g/mol. The second-order valence-corrected chi connectivity index (χ2v) is 5.02. The molecule has 108 valence electrons. The summed E-state index contributed by atoms with van der Waals surface area (Å²) in [5, 5.41) is 0. The highest BCUT2D eigenvalue weighted by Crippen LogP contribution is 2.20. The third kappa shape index (κ3) is 2.61. The van der Waals surface area contributed by atoms with Gasteiger partial charge in [0, 0.05) is 11.1 Å². The molecule has 0 saturated heterocycles. The molecule has 1 heterocycles. The molecule has 3 rings (SSSR count). The highest BCUT2D eigenvalue weighted by Gasteiger charge is 2.18. The van der Waals surface area contributed by atoms with E-state index < -0.39 is 5.63 Å². The SMILES string of the molecule is Cc1cc(-c2ccccc2)oc(=O)c1C(=O)c1ccccc1. The summed E-state index contributed by atoms with van der Waals surface area (Å²) in [4.78, 5) is 24.7. The van der Waals surface area contributed by atoms with E-state index in [2.05, 4.69) is 0 Å². The molecule has 0 spiro atoms. The van der Waals surface area contributed by atoms with E-state index in [-0.39, 0.29) is 11.3 Å². The van der Waals surface area contributed by atoms with Gasteiger partial charge in [-0.3, -0.25) is 4.79 Å². The van der Waals surface area contributed by atoms with Crippen LogP contribution in [0.15, 0.2) is 75.9 Å². The second-order valence-electron chi connectivity index (χ2n) is 5.02. The summed E-state index contributed by atoms with van der Waals surface area (Å²) in [6, 6.07) is 19.8. The summed E-state index contributed by atoms with van der Waals surface area (Å²) in [6.45, 7) is 1.75. The van der Waals surface area contributed by atoms with Crippen LogP contribution in [0.5, 0.6) is 0 Å². The minimum atomic E-state index is -0.604. The average Bonchev–Trinajstić information content (AvgIpc) is 2.55. The molecule has 0 N–H and O–H groups in total. The molecule has 0 fully saturated rings. The molecule has 2 aromatic carbocycles. The fourth-order valence-electron chi connectivity index (χ4n) is 2.36. The number of carbonyl (C=O) groups is 1. The van der Waals surface area contributed by atoms with Crippen LogP contribution in [0.25, 0.3) is 11.3 Å². The van der Waals surface area contributed by atoms with Gasteiger partial charge < -0.3 is 4.42 Å². The Bertz CT molecular complexity index is 862. The largest absolute Gasteiger partial charge is 0.422 e. The lowest BCUT2D eigenvalue weighted by atomic mass is 10.00. The minimum Gasteiger partial charge on any atom is -0.422 e. The molecule has 0 amide bonds. The number of hydrogen-bond acceptors (Lipinski definition) is 3. The Balaban J connectivity index is 2.08. The molecule has 3 nitrogen and oxygen atoms in total. The summed E-state index contributed by atoms with van der Waals surface area (Å²) in [5.74, 6) is 0.152. The first kappa shape index (κ1) is 14.0. The van der Waals surface area contributed by atoms with Crippen molar-refractivity contribution in [1.29, 1.82) is 0 Å². The van der Waals surface area contributed by atoms with Gasteiger partial charge in [0.1, 0.15) is 11.3 Å². The van der Waals surface area contributed by atoms with E-state index >= 15 is 0 Å². The number of hydrogen-bond donors (Lipinski definition) is 0. The van der Waals surface area contributed by atoms with Crippen molar-refractivity contribution in [3.8, 4) is 11.3 Å². The molecule has 1 aromatic heterocycles. The topological polar surface area (TPSA) is 47.3 Å². The number of rotatable bonds is 3. The monoisotopic (exact) mass is 290 g/mol. The van der Waals surface area contributed by atoms with Gasteiger partial charge in [0.05, 0.1) is 0 Å². The van der Waals surface area contributed by atoms with Gasteiger partial charge in [-0.1, -0.05) is 60.7 Å². The van der Waals surface area contributed by atoms with E-state index in [1.54, 1.807) is 37.3 Å². The first-order valence-corrected chi connectivity index (χ1v) is 6.97. The third-order valence-corrected chi connectivity index (χ3v) is 3.47. The van der Waals surface area contributed by atoms with Crippen LogP contribution in [0.2, 0.25) is 0 Å². The van der Waals surface area contributed by atoms with E-state index in [0.717, 1.165) is 5.56 Å². The van der Waals surface area contributed by atoms with Crippen LogP contribution in [-0.4, -0.2) is 5.78 Å². The predicted molar refractivity (Wildman–Crippen MR) is 85.0 cm³/mol. The van der Waals surface area contributed by atoms with Gasteiger partial charge in [0.15, 0.2) is 0 Å². The number of aryl methyl sites for hydroxylation is 1. The van der Waals surface area contributed by atoms with E-state index in [9.17, 15) is 9.59 Å². The fourth-order valence-corrected chi connectivity index (χ4v) is 2.36. The van der Waals surface area contributed by atoms with Crippen molar-refractivity contribution in [2.75, 3.05) is 0 Å². The maximum atomic E-state index is 12.5. The molecule has 0 bridgehead atoms. The van der Waals surface area contributed by atoms with Crippen LogP contribution in [0.4, 0.5) is 0 Å². The van der Waals surface area contributed by atoms with Crippen LogP contribution in [0, 0.1) is 6.92 Å². The van der Waals surface area contributed by atoms with Crippen molar-refractivity contribution in [3.63, 3.8) is 0 Å². The Morgan fingerprint density at radius 1 is 0.909 bits per heavy atom. The van der Waals surface area contributed by atoms with E-state index in [4.69, 9.17) is 4.42 Å². The van der Waals surface area contributed by atoms with Crippen LogP contribution >= 0.6 is 0 Å². The molecule has 0 radical (unpaired) electrons. The Kier molecular flexibility index (Phi) is 3.71. The zero-order chi connectivity index (χ0) is 15.5. The maximum absolute atomic E-state index is 12.5. The van der Waals surface area contributed by atoms with Crippen LogP contribution in [0.1, 0.15) is 21.5 Å². The maximum Gasteiger partial charge on any atom is 0.347 e. The van der Waals surface area contributed by atoms with Gasteiger partial charge in [-0.25, -0.2) is 4.79 Å². The molecule has 0 saturated carbocycles. The summed E-state index contributed by atoms with van der Waals surface area (Å²) in [7, 11) is 0. The highest BCUT2D eigenvalue weighted by molar-refractivity contribution is 6.09. The normalized spacial score (nSPS) is 10.4. The fraction of sp³-hybridized carbons (Fsp3) is 0.0526. The second kappa shape index (κ2) is 5.82. The molecular formula is C19H14O3. The van der Waals surface area contributed by atoms with Crippen molar-refractivity contribution in [1.82, 2.24) is 0 Å². The minimum absolute atomic E-state index is 0.0888. The molecular weight excluding hydrogens is 276 g/mol. The first-order chi connectivity index (χ1) is 10.7. The molecule has 3 aromatic rings. The Hall–Kier alpha value is -2.94.